The molecule has 0 aromatic rings. The first kappa shape index (κ1) is 22.9. The predicted molar refractivity (Wildman–Crippen MR) is 124 cm³/mol. The molecule has 2 heterocycles. The van der Waals surface area contributed by atoms with Gasteiger partial charge in [0.2, 0.25) is 0 Å². The van der Waals surface area contributed by atoms with Crippen LogP contribution in [0.1, 0.15) is 66.2 Å². The molecule has 3 saturated carbocycles. The molecule has 1 spiro atoms. The molecule has 11 atom stereocenters. The average molecular weight is 471 g/mol. The summed E-state index contributed by atoms with van der Waals surface area (Å²) >= 11 is 0. The molecule has 1 saturated heterocycles. The second-order valence-corrected chi connectivity index (χ2v) is 12.5. The Labute approximate surface area is 201 Å². The van der Waals surface area contributed by atoms with Crippen LogP contribution in [0.15, 0.2) is 23.3 Å². The number of allylic oxidation sites excluding steroid dienone is 1. The molecule has 6 rings (SSSR count). The summed E-state index contributed by atoms with van der Waals surface area (Å²) in [6.45, 7) is 8.41. The second kappa shape index (κ2) is 7.27. The summed E-state index contributed by atoms with van der Waals surface area (Å²) in [5.41, 5.74) is 0.129. The number of fused-ring (bicyclic) bond motifs is 4. The van der Waals surface area contributed by atoms with Crippen molar-refractivity contribution in [3.63, 3.8) is 0 Å². The number of carbonyl (C=O) groups excluding carboxylic acids is 2. The van der Waals surface area contributed by atoms with Crippen molar-refractivity contribution < 1.29 is 29.3 Å². The fraction of sp³-hybridized carbons (Fsp3) is 0.786. The van der Waals surface area contributed by atoms with Crippen molar-refractivity contribution in [3.8, 4) is 0 Å². The maximum Gasteiger partial charge on any atom is 0.336 e. The Bertz CT molecular complexity index is 999. The highest BCUT2D eigenvalue weighted by Gasteiger charge is 2.80. The number of esters is 1. The molecule has 186 valence electrons. The predicted octanol–water partition coefficient (Wildman–Crippen LogP) is 3.35. The quantitative estimate of drug-likeness (QED) is 0.485. The van der Waals surface area contributed by atoms with E-state index in [2.05, 4.69) is 20.8 Å². The highest BCUT2D eigenvalue weighted by Crippen LogP contribution is 2.73. The number of carbonyl (C=O) groups is 2. The number of aliphatic hydroxyl groups excluding tert-OH is 2. The molecule has 0 aromatic heterocycles. The van der Waals surface area contributed by atoms with Gasteiger partial charge in [-0.25, -0.2) is 4.79 Å². The lowest BCUT2D eigenvalue weighted by molar-refractivity contribution is -0.155. The van der Waals surface area contributed by atoms with Gasteiger partial charge in [0, 0.05) is 6.42 Å². The summed E-state index contributed by atoms with van der Waals surface area (Å²) in [6, 6.07) is 0. The van der Waals surface area contributed by atoms with Crippen molar-refractivity contribution in [1.82, 2.24) is 0 Å². The fourth-order valence-electron chi connectivity index (χ4n) is 9.69. The second-order valence-electron chi connectivity index (χ2n) is 12.5. The van der Waals surface area contributed by atoms with E-state index in [1.54, 1.807) is 12.2 Å². The molecule has 2 aliphatic heterocycles. The van der Waals surface area contributed by atoms with Crippen molar-refractivity contribution in [2.45, 2.75) is 90.1 Å². The minimum absolute atomic E-state index is 0.0366. The van der Waals surface area contributed by atoms with E-state index in [0.717, 1.165) is 37.7 Å². The first-order valence-corrected chi connectivity index (χ1v) is 13.2. The summed E-state index contributed by atoms with van der Waals surface area (Å²) in [7, 11) is 0. The molecule has 6 nitrogen and oxygen atoms in total. The van der Waals surface area contributed by atoms with Crippen LogP contribution in [0.25, 0.3) is 0 Å². The molecular weight excluding hydrogens is 432 g/mol. The lowest BCUT2D eigenvalue weighted by Crippen LogP contribution is -2.63. The van der Waals surface area contributed by atoms with Crippen molar-refractivity contribution in [2.75, 3.05) is 6.61 Å². The fourth-order valence-corrected chi connectivity index (χ4v) is 9.69. The van der Waals surface area contributed by atoms with Crippen LogP contribution in [-0.2, 0) is 19.1 Å². The van der Waals surface area contributed by atoms with Gasteiger partial charge in [-0.05, 0) is 93.1 Å². The molecule has 6 aliphatic rings. The standard InChI is InChI=1S/C28H38O6/c1-14-11-21(33-25(32)17(14)13-29)15(2)18-5-6-19-16-12-24-28(34-24)23(31)8-7-22(30)27(28,4)20(16)9-10-26(18,19)3/h7-8,15-16,18-21,23-24,29,31H,5-6,9-13H2,1-4H3/t15-,16+,18+,19-,20-,21+,23-,24+,26+,27-,28+/m0/s1. The molecule has 2 N–H and O–H groups in total. The Kier molecular flexibility index (Phi) is 4.90. The maximum absolute atomic E-state index is 13.3. The van der Waals surface area contributed by atoms with E-state index in [4.69, 9.17) is 9.47 Å². The van der Waals surface area contributed by atoms with Gasteiger partial charge in [-0.15, -0.1) is 0 Å². The lowest BCUT2D eigenvalue weighted by atomic mass is 9.44. The maximum atomic E-state index is 13.3. The third-order valence-corrected chi connectivity index (χ3v) is 11.6. The van der Waals surface area contributed by atoms with Gasteiger partial charge in [0.1, 0.15) is 17.8 Å². The summed E-state index contributed by atoms with van der Waals surface area (Å²) in [4.78, 5) is 25.8. The molecule has 0 amide bonds. The van der Waals surface area contributed by atoms with Gasteiger partial charge in [-0.1, -0.05) is 19.4 Å². The van der Waals surface area contributed by atoms with Crippen LogP contribution in [-0.4, -0.2) is 52.5 Å². The summed E-state index contributed by atoms with van der Waals surface area (Å²) in [5.74, 6) is 1.61. The Morgan fingerprint density at radius 3 is 2.65 bits per heavy atom. The number of ether oxygens (including phenoxy) is 2. The van der Waals surface area contributed by atoms with Crippen molar-refractivity contribution in [2.24, 2.45) is 40.4 Å². The SMILES string of the molecule is CC1=C(CO)C(=O)O[C@@H]([C@@H](C)[C@H]2CC[C@H]3[C@H]4C[C@H]5O[C@]56[C@@H](O)C=CC(=O)[C@]6(C)[C@H]4CC[C@]23C)C1. The van der Waals surface area contributed by atoms with E-state index in [1.165, 1.54) is 0 Å². The zero-order valence-electron chi connectivity index (χ0n) is 20.8. The zero-order chi connectivity index (χ0) is 24.2. The number of epoxide rings is 1. The first-order valence-electron chi connectivity index (χ1n) is 13.2. The molecular formula is C28H38O6. The largest absolute Gasteiger partial charge is 0.458 e. The smallest absolute Gasteiger partial charge is 0.336 e. The van der Waals surface area contributed by atoms with Crippen LogP contribution in [0.4, 0.5) is 0 Å². The number of cyclic esters (lactones) is 1. The molecule has 0 unspecified atom stereocenters. The van der Waals surface area contributed by atoms with Gasteiger partial charge in [0.05, 0.1) is 23.7 Å². The van der Waals surface area contributed by atoms with Crippen molar-refractivity contribution in [1.29, 1.82) is 0 Å². The van der Waals surface area contributed by atoms with Gasteiger partial charge in [-0.3, -0.25) is 4.79 Å². The Morgan fingerprint density at radius 1 is 1.18 bits per heavy atom. The van der Waals surface area contributed by atoms with Gasteiger partial charge in [0.15, 0.2) is 5.78 Å². The van der Waals surface area contributed by atoms with Crippen LogP contribution >= 0.6 is 0 Å². The molecule has 0 bridgehead atoms. The van der Waals surface area contributed by atoms with Gasteiger partial charge in [0.25, 0.3) is 0 Å². The van der Waals surface area contributed by atoms with E-state index in [0.29, 0.717) is 29.7 Å². The molecule has 6 heteroatoms. The minimum atomic E-state index is -0.719. The van der Waals surface area contributed by atoms with Crippen molar-refractivity contribution >= 4 is 11.8 Å². The van der Waals surface area contributed by atoms with Crippen LogP contribution in [0.3, 0.4) is 0 Å². The summed E-state index contributed by atoms with van der Waals surface area (Å²) in [5, 5.41) is 20.4. The van der Waals surface area contributed by atoms with E-state index in [1.807, 2.05) is 6.92 Å². The number of hydrogen-bond donors (Lipinski definition) is 2. The number of ketones is 1. The van der Waals surface area contributed by atoms with E-state index < -0.39 is 17.1 Å². The molecule has 0 aromatic carbocycles. The van der Waals surface area contributed by atoms with Crippen LogP contribution < -0.4 is 0 Å². The van der Waals surface area contributed by atoms with Crippen LogP contribution in [0, 0.1) is 40.4 Å². The van der Waals surface area contributed by atoms with Gasteiger partial charge >= 0.3 is 5.97 Å². The Hall–Kier alpha value is -1.50. The molecule has 34 heavy (non-hydrogen) atoms. The highest BCUT2D eigenvalue weighted by molar-refractivity contribution is 5.98. The number of rotatable bonds is 3. The van der Waals surface area contributed by atoms with E-state index >= 15 is 0 Å². The van der Waals surface area contributed by atoms with Gasteiger partial charge in [-0.2, -0.15) is 0 Å². The van der Waals surface area contributed by atoms with Crippen LogP contribution in [0.2, 0.25) is 0 Å². The third kappa shape index (κ3) is 2.63. The molecule has 0 radical (unpaired) electrons. The molecule has 4 fully saturated rings. The highest BCUT2D eigenvalue weighted by atomic mass is 16.6. The number of aliphatic hydroxyl groups is 2. The van der Waals surface area contributed by atoms with Gasteiger partial charge < -0.3 is 19.7 Å². The van der Waals surface area contributed by atoms with Crippen molar-refractivity contribution in [3.05, 3.63) is 23.3 Å². The summed E-state index contributed by atoms with van der Waals surface area (Å²) < 4.78 is 12.1. The van der Waals surface area contributed by atoms with E-state index in [-0.39, 0.29) is 47.8 Å². The third-order valence-electron chi connectivity index (χ3n) is 11.6. The zero-order valence-corrected chi connectivity index (χ0v) is 20.8. The number of hydrogen-bond acceptors (Lipinski definition) is 6. The minimum Gasteiger partial charge on any atom is -0.458 e. The summed E-state index contributed by atoms with van der Waals surface area (Å²) in [6.07, 6.45) is 8.23. The Morgan fingerprint density at radius 2 is 1.94 bits per heavy atom. The monoisotopic (exact) mass is 470 g/mol. The lowest BCUT2D eigenvalue weighted by Gasteiger charge is -2.58. The average Bonchev–Trinajstić information content (AvgIpc) is 3.43. The first-order chi connectivity index (χ1) is 16.1. The van der Waals surface area contributed by atoms with E-state index in [9.17, 15) is 19.8 Å². The topological polar surface area (TPSA) is 96.4 Å². The normalized spacial score (nSPS) is 52.4. The molecule has 4 aliphatic carbocycles. The Balaban J connectivity index is 1.27. The van der Waals surface area contributed by atoms with Crippen LogP contribution in [0.5, 0.6) is 0 Å².